The lowest BCUT2D eigenvalue weighted by molar-refractivity contribution is 1.01. The summed E-state index contributed by atoms with van der Waals surface area (Å²) >= 11 is 0. The third kappa shape index (κ3) is 2.77. The zero-order valence-corrected chi connectivity index (χ0v) is 11.5. The molecule has 1 N–H and O–H groups in total. The van der Waals surface area contributed by atoms with Crippen molar-refractivity contribution in [2.45, 2.75) is 13.3 Å². The molecule has 0 unspecified atom stereocenters. The van der Waals surface area contributed by atoms with Gasteiger partial charge in [-0.15, -0.1) is 0 Å². The van der Waals surface area contributed by atoms with E-state index in [1.165, 1.54) is 16.5 Å². The first-order chi connectivity index (χ1) is 9.83. The number of anilines is 1. The van der Waals surface area contributed by atoms with Crippen molar-refractivity contribution in [3.05, 3.63) is 66.0 Å². The Morgan fingerprint density at radius 3 is 2.75 bits per heavy atom. The van der Waals surface area contributed by atoms with Crippen LogP contribution < -0.4 is 5.32 Å². The van der Waals surface area contributed by atoms with Crippen molar-refractivity contribution >= 4 is 16.7 Å². The third-order valence-corrected chi connectivity index (χ3v) is 3.33. The van der Waals surface area contributed by atoms with Crippen LogP contribution in [0.5, 0.6) is 0 Å². The Balaban J connectivity index is 1.69. The molecule has 1 aromatic carbocycles. The Labute approximate surface area is 118 Å². The molecule has 0 saturated carbocycles. The molecule has 0 amide bonds. The van der Waals surface area contributed by atoms with Gasteiger partial charge in [-0.05, 0) is 36.6 Å². The van der Waals surface area contributed by atoms with Crippen molar-refractivity contribution in [1.29, 1.82) is 0 Å². The van der Waals surface area contributed by atoms with E-state index in [0.29, 0.717) is 0 Å². The molecular weight excluding hydrogens is 246 g/mol. The second kappa shape index (κ2) is 5.70. The topological polar surface area (TPSA) is 37.8 Å². The lowest BCUT2D eigenvalue weighted by Crippen LogP contribution is -2.06. The second-order valence-electron chi connectivity index (χ2n) is 4.89. The molecule has 3 aromatic rings. The van der Waals surface area contributed by atoms with Crippen molar-refractivity contribution in [2.24, 2.45) is 0 Å². The van der Waals surface area contributed by atoms with Crippen LogP contribution in [0.15, 0.2) is 54.9 Å². The number of para-hydroxylation sites is 1. The highest BCUT2D eigenvalue weighted by Gasteiger charge is 2.01. The van der Waals surface area contributed by atoms with Gasteiger partial charge < -0.3 is 5.32 Å². The zero-order chi connectivity index (χ0) is 13.8. The van der Waals surface area contributed by atoms with Crippen LogP contribution in [0.4, 0.5) is 5.82 Å². The molecule has 20 heavy (non-hydrogen) atoms. The molecule has 0 saturated heterocycles. The molecule has 0 bridgehead atoms. The van der Waals surface area contributed by atoms with E-state index in [9.17, 15) is 0 Å². The van der Waals surface area contributed by atoms with Crippen molar-refractivity contribution < 1.29 is 0 Å². The summed E-state index contributed by atoms with van der Waals surface area (Å²) < 4.78 is 0. The number of hydrogen-bond acceptors (Lipinski definition) is 3. The van der Waals surface area contributed by atoms with E-state index < -0.39 is 0 Å². The van der Waals surface area contributed by atoms with E-state index in [2.05, 4.69) is 45.6 Å². The average molecular weight is 263 g/mol. The summed E-state index contributed by atoms with van der Waals surface area (Å²) in [6, 6.07) is 14.5. The maximum absolute atomic E-state index is 4.48. The smallest absolute Gasteiger partial charge is 0.125 e. The van der Waals surface area contributed by atoms with Crippen LogP contribution in [0.1, 0.15) is 11.1 Å². The number of aromatic nitrogens is 2. The highest BCUT2D eigenvalue weighted by atomic mass is 15.0. The summed E-state index contributed by atoms with van der Waals surface area (Å²) in [4.78, 5) is 8.82. The minimum absolute atomic E-state index is 0.853. The Kier molecular flexibility index (Phi) is 3.59. The van der Waals surface area contributed by atoms with Crippen molar-refractivity contribution in [1.82, 2.24) is 9.97 Å². The van der Waals surface area contributed by atoms with Gasteiger partial charge in [-0.3, -0.25) is 4.98 Å². The third-order valence-electron chi connectivity index (χ3n) is 3.33. The van der Waals surface area contributed by atoms with Gasteiger partial charge in [0.15, 0.2) is 0 Å². The van der Waals surface area contributed by atoms with Crippen LogP contribution in [0, 0.1) is 6.92 Å². The van der Waals surface area contributed by atoms with Gasteiger partial charge in [-0.2, -0.15) is 0 Å². The molecule has 0 aliphatic heterocycles. The molecule has 0 radical (unpaired) electrons. The largest absolute Gasteiger partial charge is 0.370 e. The predicted octanol–water partition coefficient (Wildman–Crippen LogP) is 3.59. The normalized spacial score (nSPS) is 10.7. The minimum atomic E-state index is 0.853. The zero-order valence-electron chi connectivity index (χ0n) is 11.5. The van der Waals surface area contributed by atoms with E-state index in [1.54, 1.807) is 0 Å². The number of hydrogen-bond donors (Lipinski definition) is 1. The van der Waals surface area contributed by atoms with Crippen LogP contribution >= 0.6 is 0 Å². The van der Waals surface area contributed by atoms with Crippen molar-refractivity contribution in [3.8, 4) is 0 Å². The van der Waals surface area contributed by atoms with Gasteiger partial charge in [0.1, 0.15) is 5.82 Å². The highest BCUT2D eigenvalue weighted by Crippen LogP contribution is 2.16. The first kappa shape index (κ1) is 12.6. The molecule has 0 spiro atoms. The highest BCUT2D eigenvalue weighted by molar-refractivity contribution is 5.81. The predicted molar refractivity (Wildman–Crippen MR) is 82.9 cm³/mol. The van der Waals surface area contributed by atoms with E-state index in [1.807, 2.05) is 31.5 Å². The van der Waals surface area contributed by atoms with Gasteiger partial charge in [0.2, 0.25) is 0 Å². The number of rotatable bonds is 4. The number of pyridine rings is 2. The van der Waals surface area contributed by atoms with Crippen molar-refractivity contribution in [3.63, 3.8) is 0 Å². The summed E-state index contributed by atoms with van der Waals surface area (Å²) in [5.74, 6) is 0.920. The van der Waals surface area contributed by atoms with Crippen LogP contribution in [-0.2, 0) is 6.42 Å². The molecule has 0 aliphatic rings. The SMILES string of the molecule is Cc1ccc(NCCc2cccc3cccnc23)nc1. The molecular formula is C17H17N3. The first-order valence-corrected chi connectivity index (χ1v) is 6.82. The molecule has 0 atom stereocenters. The molecule has 0 aliphatic carbocycles. The molecule has 0 fully saturated rings. The Morgan fingerprint density at radius 1 is 1.00 bits per heavy atom. The van der Waals surface area contributed by atoms with Gasteiger partial charge in [0.05, 0.1) is 5.52 Å². The summed E-state index contributed by atoms with van der Waals surface area (Å²) in [7, 11) is 0. The standard InChI is InChI=1S/C17H17N3/c1-13-7-8-16(20-12-13)18-11-9-15-5-2-4-14-6-3-10-19-17(14)15/h2-8,10,12H,9,11H2,1H3,(H,18,20). The molecule has 2 aromatic heterocycles. The maximum atomic E-state index is 4.48. The minimum Gasteiger partial charge on any atom is -0.370 e. The van der Waals surface area contributed by atoms with Gasteiger partial charge in [0, 0.05) is 24.3 Å². The molecule has 3 nitrogen and oxygen atoms in total. The molecule has 3 rings (SSSR count). The summed E-state index contributed by atoms with van der Waals surface area (Å²) in [6.07, 6.45) is 4.66. The van der Waals surface area contributed by atoms with Gasteiger partial charge in [-0.1, -0.05) is 30.3 Å². The maximum Gasteiger partial charge on any atom is 0.125 e. The van der Waals surface area contributed by atoms with E-state index >= 15 is 0 Å². The summed E-state index contributed by atoms with van der Waals surface area (Å²) in [6.45, 7) is 2.89. The average Bonchev–Trinajstić information content (AvgIpc) is 2.49. The van der Waals surface area contributed by atoms with E-state index in [-0.39, 0.29) is 0 Å². The monoisotopic (exact) mass is 263 g/mol. The lowest BCUT2D eigenvalue weighted by atomic mass is 10.1. The lowest BCUT2D eigenvalue weighted by Gasteiger charge is -2.08. The number of benzene rings is 1. The Bertz CT molecular complexity index is 700. The van der Waals surface area contributed by atoms with Gasteiger partial charge in [-0.25, -0.2) is 4.98 Å². The quantitative estimate of drug-likeness (QED) is 0.781. The summed E-state index contributed by atoms with van der Waals surface area (Å²) in [5, 5.41) is 4.54. The van der Waals surface area contributed by atoms with Crippen molar-refractivity contribution in [2.75, 3.05) is 11.9 Å². The Hall–Kier alpha value is -2.42. The van der Waals surface area contributed by atoms with E-state index in [4.69, 9.17) is 0 Å². The van der Waals surface area contributed by atoms with Crippen LogP contribution in [0.3, 0.4) is 0 Å². The number of aryl methyl sites for hydroxylation is 1. The van der Waals surface area contributed by atoms with Crippen LogP contribution in [-0.4, -0.2) is 16.5 Å². The molecule has 2 heterocycles. The fourth-order valence-electron chi connectivity index (χ4n) is 2.27. The number of nitrogens with one attached hydrogen (secondary N) is 1. The molecule has 100 valence electrons. The van der Waals surface area contributed by atoms with E-state index in [0.717, 1.165) is 24.3 Å². The Morgan fingerprint density at radius 2 is 1.90 bits per heavy atom. The van der Waals surface area contributed by atoms with Gasteiger partial charge in [0.25, 0.3) is 0 Å². The fraction of sp³-hybridized carbons (Fsp3) is 0.176. The molecule has 3 heteroatoms. The van der Waals surface area contributed by atoms with Crippen LogP contribution in [0.2, 0.25) is 0 Å². The summed E-state index contributed by atoms with van der Waals surface area (Å²) in [5.41, 5.74) is 3.53. The first-order valence-electron chi connectivity index (χ1n) is 6.82. The second-order valence-corrected chi connectivity index (χ2v) is 4.89. The van der Waals surface area contributed by atoms with Crippen LogP contribution in [0.25, 0.3) is 10.9 Å². The number of fused-ring (bicyclic) bond motifs is 1. The number of nitrogens with zero attached hydrogens (tertiary/aromatic N) is 2. The van der Waals surface area contributed by atoms with Gasteiger partial charge >= 0.3 is 0 Å². The fourth-order valence-corrected chi connectivity index (χ4v) is 2.27.